The minimum Gasteiger partial charge on any atom is -0.328 e. The van der Waals surface area contributed by atoms with Gasteiger partial charge in [0.25, 0.3) is 0 Å². The largest absolute Gasteiger partial charge is 0.328 e. The average molecular weight is 122 g/mol. The van der Waals surface area contributed by atoms with Crippen LogP contribution in [0.2, 0.25) is 0 Å². The first-order valence-corrected chi connectivity index (χ1v) is 2.50. The Morgan fingerprint density at radius 1 is 1.62 bits per heavy atom. The summed E-state index contributed by atoms with van der Waals surface area (Å²) < 4.78 is 21.2. The highest BCUT2D eigenvalue weighted by Crippen LogP contribution is 2.10. The molecular weight excluding hydrogens is 111 g/mol. The molecule has 0 aliphatic heterocycles. The third kappa shape index (κ3) is 2.93. The maximum Gasteiger partial charge on any atom is 0.317 e. The Morgan fingerprint density at radius 3 is 2.25 bits per heavy atom. The molecule has 0 aromatic heterocycles. The van der Waals surface area contributed by atoms with Gasteiger partial charge in [-0.2, -0.15) is 4.39 Å². The highest BCUT2D eigenvalue weighted by atomic mass is 19.2. The molecule has 0 aromatic rings. The van der Waals surface area contributed by atoms with Crippen LogP contribution >= 0.6 is 0 Å². The van der Waals surface area contributed by atoms with Gasteiger partial charge in [-0.25, -0.2) is 0 Å². The quantitative estimate of drug-likeness (QED) is 0.525. The van der Waals surface area contributed by atoms with E-state index in [0.717, 1.165) is 0 Å². The number of ether oxygens (including phenoxy) is 2. The van der Waals surface area contributed by atoms with E-state index in [2.05, 4.69) is 9.47 Å². The summed E-state index contributed by atoms with van der Waals surface area (Å²) in [6.45, 7) is 3.24. The van der Waals surface area contributed by atoms with E-state index in [4.69, 9.17) is 0 Å². The van der Waals surface area contributed by atoms with Gasteiger partial charge in [0.2, 0.25) is 0 Å². The number of hydrogen-bond donors (Lipinski definition) is 0. The number of methoxy groups -OCH3 is 1. The number of rotatable bonds is 3. The molecule has 3 heteroatoms. The summed E-state index contributed by atoms with van der Waals surface area (Å²) in [5, 5.41) is 0. The van der Waals surface area contributed by atoms with Crippen molar-refractivity contribution in [3.8, 4) is 0 Å². The molecule has 0 saturated heterocycles. The van der Waals surface area contributed by atoms with Gasteiger partial charge in [0.1, 0.15) is 0 Å². The minimum absolute atomic E-state index is 0.320. The maximum absolute atomic E-state index is 12.4. The van der Waals surface area contributed by atoms with Crippen molar-refractivity contribution in [2.24, 2.45) is 0 Å². The van der Waals surface area contributed by atoms with Gasteiger partial charge < -0.3 is 9.47 Å². The molecule has 1 unspecified atom stereocenters. The molecule has 0 bridgehead atoms. The molecule has 8 heavy (non-hydrogen) atoms. The molecule has 0 aliphatic carbocycles. The molecule has 2 nitrogen and oxygen atoms in total. The van der Waals surface area contributed by atoms with Crippen LogP contribution in [0.15, 0.2) is 0 Å². The summed E-state index contributed by atoms with van der Waals surface area (Å²) in [4.78, 5) is 0. The molecule has 0 rings (SSSR count). The van der Waals surface area contributed by atoms with Gasteiger partial charge in [0.15, 0.2) is 0 Å². The molecule has 1 atom stereocenters. The lowest BCUT2D eigenvalue weighted by Crippen LogP contribution is -2.24. The second-order valence-electron chi connectivity index (χ2n) is 1.47. The van der Waals surface area contributed by atoms with Crippen molar-refractivity contribution >= 4 is 0 Å². The Balaban J connectivity index is 3.37. The van der Waals surface area contributed by atoms with Gasteiger partial charge in [-0.3, -0.25) is 0 Å². The lowest BCUT2D eigenvalue weighted by Gasteiger charge is -2.16. The Labute approximate surface area is 48.6 Å². The van der Waals surface area contributed by atoms with Crippen molar-refractivity contribution < 1.29 is 13.9 Å². The summed E-state index contributed by atoms with van der Waals surface area (Å²) in [5.41, 5.74) is 0. The summed E-state index contributed by atoms with van der Waals surface area (Å²) in [6.07, 6.45) is 0. The van der Waals surface area contributed by atoms with E-state index >= 15 is 0 Å². The Hall–Kier alpha value is -0.150. The van der Waals surface area contributed by atoms with Crippen LogP contribution in [0.4, 0.5) is 4.39 Å². The van der Waals surface area contributed by atoms with Gasteiger partial charge in [-0.15, -0.1) is 0 Å². The van der Waals surface area contributed by atoms with Crippen LogP contribution in [0.5, 0.6) is 0 Å². The van der Waals surface area contributed by atoms with E-state index in [9.17, 15) is 4.39 Å². The van der Waals surface area contributed by atoms with Gasteiger partial charge >= 0.3 is 6.04 Å². The molecule has 0 amide bonds. The van der Waals surface area contributed by atoms with Gasteiger partial charge in [0, 0.05) is 20.6 Å². The monoisotopic (exact) mass is 122 g/mol. The van der Waals surface area contributed by atoms with Gasteiger partial charge in [0.05, 0.1) is 0 Å². The van der Waals surface area contributed by atoms with E-state index in [1.807, 2.05) is 0 Å². The fraction of sp³-hybridized carbons (Fsp3) is 1.00. The molecule has 0 aliphatic rings. The highest BCUT2D eigenvalue weighted by molar-refractivity contribution is 4.37. The molecule has 0 radical (unpaired) electrons. The summed E-state index contributed by atoms with van der Waals surface area (Å²) >= 11 is 0. The van der Waals surface area contributed by atoms with Crippen molar-refractivity contribution in [3.05, 3.63) is 0 Å². The smallest absolute Gasteiger partial charge is 0.317 e. The number of hydrogen-bond acceptors (Lipinski definition) is 2. The molecule has 0 aromatic carbocycles. The normalized spacial score (nSPS) is 18.0. The molecule has 0 N–H and O–H groups in total. The van der Waals surface area contributed by atoms with E-state index in [1.165, 1.54) is 14.0 Å². The average Bonchev–Trinajstić information content (AvgIpc) is 1.67. The zero-order chi connectivity index (χ0) is 6.62. The van der Waals surface area contributed by atoms with E-state index in [-0.39, 0.29) is 0 Å². The van der Waals surface area contributed by atoms with Crippen LogP contribution < -0.4 is 0 Å². The lowest BCUT2D eigenvalue weighted by molar-refractivity contribution is -0.290. The summed E-state index contributed by atoms with van der Waals surface area (Å²) in [6, 6.07) is -1.91. The summed E-state index contributed by atoms with van der Waals surface area (Å²) in [5.74, 6) is 0. The van der Waals surface area contributed by atoms with Gasteiger partial charge in [-0.05, 0) is 6.92 Å². The maximum atomic E-state index is 12.4. The SMILES string of the molecule is CCOC(C)(F)OC. The minimum atomic E-state index is -1.91. The van der Waals surface area contributed by atoms with Crippen LogP contribution in [0.1, 0.15) is 13.8 Å². The third-order valence-electron chi connectivity index (χ3n) is 0.767. The Morgan fingerprint density at radius 2 is 2.12 bits per heavy atom. The fourth-order valence-corrected chi connectivity index (χ4v) is 0.317. The van der Waals surface area contributed by atoms with Crippen LogP contribution in [0.3, 0.4) is 0 Å². The topological polar surface area (TPSA) is 18.5 Å². The first-order chi connectivity index (χ1) is 3.62. The van der Waals surface area contributed by atoms with Crippen LogP contribution in [-0.4, -0.2) is 19.8 Å². The van der Waals surface area contributed by atoms with Crippen LogP contribution in [0.25, 0.3) is 0 Å². The molecule has 0 saturated carbocycles. The Kier molecular flexibility index (Phi) is 2.94. The van der Waals surface area contributed by atoms with Crippen molar-refractivity contribution in [1.29, 1.82) is 0 Å². The summed E-state index contributed by atoms with van der Waals surface area (Å²) in [7, 11) is 1.26. The van der Waals surface area contributed by atoms with Crippen molar-refractivity contribution in [2.45, 2.75) is 19.9 Å². The van der Waals surface area contributed by atoms with E-state index < -0.39 is 6.04 Å². The standard InChI is InChI=1S/C5H11FO2/c1-4-8-5(2,6)7-3/h4H2,1-3H3. The molecule has 0 heterocycles. The second kappa shape index (κ2) is 2.99. The van der Waals surface area contributed by atoms with Gasteiger partial charge in [-0.1, -0.05) is 0 Å². The fourth-order valence-electron chi connectivity index (χ4n) is 0.317. The first-order valence-electron chi connectivity index (χ1n) is 2.50. The van der Waals surface area contributed by atoms with Crippen LogP contribution in [0, 0.1) is 0 Å². The second-order valence-corrected chi connectivity index (χ2v) is 1.47. The molecule has 0 fully saturated rings. The predicted molar refractivity (Wildman–Crippen MR) is 28.1 cm³/mol. The van der Waals surface area contributed by atoms with E-state index in [0.29, 0.717) is 6.61 Å². The molecule has 50 valence electrons. The molecule has 0 spiro atoms. The van der Waals surface area contributed by atoms with Crippen molar-refractivity contribution in [3.63, 3.8) is 0 Å². The van der Waals surface area contributed by atoms with Crippen molar-refractivity contribution in [2.75, 3.05) is 13.7 Å². The zero-order valence-electron chi connectivity index (χ0n) is 5.40. The number of halogens is 1. The first kappa shape index (κ1) is 7.85. The van der Waals surface area contributed by atoms with E-state index in [1.54, 1.807) is 6.92 Å². The number of alkyl halides is 1. The van der Waals surface area contributed by atoms with Crippen molar-refractivity contribution in [1.82, 2.24) is 0 Å². The van der Waals surface area contributed by atoms with Crippen LogP contribution in [-0.2, 0) is 9.47 Å². The predicted octanol–water partition coefficient (Wildman–Crippen LogP) is 1.31. The lowest BCUT2D eigenvalue weighted by atomic mass is 10.7. The zero-order valence-corrected chi connectivity index (χ0v) is 5.40. The molecular formula is C5H11FO2. The highest BCUT2D eigenvalue weighted by Gasteiger charge is 2.20. The Bertz CT molecular complexity index is 63.4. The third-order valence-corrected chi connectivity index (χ3v) is 0.767.